The molecule has 0 aromatic heterocycles. The Labute approximate surface area is 594 Å². The van der Waals surface area contributed by atoms with Crippen molar-refractivity contribution in [3.05, 3.63) is 0 Å². The number of aliphatic hydroxyl groups excluding tert-OH is 1. The van der Waals surface area contributed by atoms with E-state index in [1.54, 1.807) is 0 Å². The lowest BCUT2D eigenvalue weighted by atomic mass is 10.0. The first-order chi connectivity index (χ1) is 47.0. The van der Waals surface area contributed by atoms with Gasteiger partial charge in [0.1, 0.15) is 19.3 Å². The van der Waals surface area contributed by atoms with E-state index in [1.165, 1.54) is 231 Å². The average Bonchev–Trinajstić information content (AvgIpc) is 1.64. The molecule has 0 radical (unpaired) electrons. The number of rotatable bonds is 78. The fraction of sp³-hybridized carbons (Fsp3) is 0.949. The number of ether oxygens (including phenoxy) is 4. The second-order valence-electron chi connectivity index (χ2n) is 28.6. The number of hydrogen-bond donors (Lipinski definition) is 3. The molecule has 0 bridgehead atoms. The van der Waals surface area contributed by atoms with Crippen molar-refractivity contribution in [1.82, 2.24) is 0 Å². The van der Waals surface area contributed by atoms with Gasteiger partial charge in [-0.25, -0.2) is 9.13 Å². The summed E-state index contributed by atoms with van der Waals surface area (Å²) in [4.78, 5) is 72.8. The largest absolute Gasteiger partial charge is 0.472 e. The minimum atomic E-state index is -4.96. The van der Waals surface area contributed by atoms with Crippen molar-refractivity contribution in [2.75, 3.05) is 39.6 Å². The molecule has 0 rings (SSSR count). The molecule has 0 aliphatic rings. The van der Waals surface area contributed by atoms with E-state index in [1.807, 2.05) is 0 Å². The molecule has 0 aromatic carbocycles. The maximum absolute atomic E-state index is 13.1. The first-order valence-corrected chi connectivity index (χ1v) is 43.6. The Balaban J connectivity index is 5.21. The molecule has 0 aromatic rings. The Morgan fingerprint density at radius 3 is 0.701 bits per heavy atom. The average molecular weight is 1420 g/mol. The molecule has 5 atom stereocenters. The third-order valence-corrected chi connectivity index (χ3v) is 20.2. The van der Waals surface area contributed by atoms with Gasteiger partial charge in [0.15, 0.2) is 12.2 Å². The summed E-state index contributed by atoms with van der Waals surface area (Å²) in [5.41, 5.74) is 0. The lowest BCUT2D eigenvalue weighted by Crippen LogP contribution is -2.30. The van der Waals surface area contributed by atoms with Gasteiger partial charge in [0.2, 0.25) is 0 Å². The lowest BCUT2D eigenvalue weighted by Gasteiger charge is -2.21. The monoisotopic (exact) mass is 1420 g/mol. The van der Waals surface area contributed by atoms with Gasteiger partial charge in [0.05, 0.1) is 26.4 Å². The van der Waals surface area contributed by atoms with Crippen molar-refractivity contribution in [3.63, 3.8) is 0 Å². The molecule has 0 spiro atoms. The SMILES string of the molecule is CCCCCCCCCCCCCCCCCCCCC(=O)O[C@H](COC(=O)CCCCCCCCCCCCCCCCCCC)COP(=O)(O)OC[C@@H](O)COP(=O)(O)OC[C@@H](COC(=O)CCCCCCCCCC)OC(=O)CCCCCCCCCCCCCC(C)C. The number of phosphoric ester groups is 2. The highest BCUT2D eigenvalue weighted by Crippen LogP contribution is 2.45. The van der Waals surface area contributed by atoms with Crippen LogP contribution < -0.4 is 0 Å². The van der Waals surface area contributed by atoms with Gasteiger partial charge < -0.3 is 33.8 Å². The molecule has 19 heteroatoms. The highest BCUT2D eigenvalue weighted by atomic mass is 31.2. The Bertz CT molecular complexity index is 1860. The number of aliphatic hydroxyl groups is 1. The molecule has 0 saturated carbocycles. The first kappa shape index (κ1) is 95.1. The van der Waals surface area contributed by atoms with Crippen LogP contribution in [0.2, 0.25) is 0 Å². The molecule has 576 valence electrons. The molecule has 0 aliphatic carbocycles. The van der Waals surface area contributed by atoms with Gasteiger partial charge in [0, 0.05) is 25.7 Å². The van der Waals surface area contributed by atoms with Crippen LogP contribution in [-0.4, -0.2) is 96.7 Å². The number of esters is 4. The van der Waals surface area contributed by atoms with Crippen molar-refractivity contribution >= 4 is 39.5 Å². The van der Waals surface area contributed by atoms with Gasteiger partial charge in [-0.3, -0.25) is 37.3 Å². The lowest BCUT2D eigenvalue weighted by molar-refractivity contribution is -0.161. The Hall–Kier alpha value is -1.94. The molecule has 0 fully saturated rings. The number of unbranched alkanes of at least 4 members (excludes halogenated alkanes) is 50. The van der Waals surface area contributed by atoms with Crippen LogP contribution in [0.1, 0.15) is 413 Å². The van der Waals surface area contributed by atoms with E-state index in [9.17, 15) is 43.2 Å². The molecular formula is C78H152O17P2. The minimum Gasteiger partial charge on any atom is -0.462 e. The van der Waals surface area contributed by atoms with Gasteiger partial charge in [-0.1, -0.05) is 362 Å². The first-order valence-electron chi connectivity index (χ1n) is 40.6. The van der Waals surface area contributed by atoms with Crippen LogP contribution >= 0.6 is 15.6 Å². The van der Waals surface area contributed by atoms with Gasteiger partial charge in [0.25, 0.3) is 0 Å². The molecule has 0 aliphatic heterocycles. The van der Waals surface area contributed by atoms with Crippen LogP contribution in [0.25, 0.3) is 0 Å². The number of phosphoric acid groups is 2. The van der Waals surface area contributed by atoms with E-state index in [0.29, 0.717) is 25.7 Å². The van der Waals surface area contributed by atoms with Crippen molar-refractivity contribution < 1.29 is 80.2 Å². The smallest absolute Gasteiger partial charge is 0.462 e. The molecule has 0 heterocycles. The predicted molar refractivity (Wildman–Crippen MR) is 395 cm³/mol. The summed E-state index contributed by atoms with van der Waals surface area (Å²) in [5.74, 6) is -1.35. The standard InChI is InChI=1S/C78H152O17P2/c1-6-9-12-15-18-21-23-25-27-29-31-33-35-39-43-48-53-58-63-77(82)95-74(68-89-76(81)62-57-52-47-42-38-34-32-30-28-26-24-22-19-16-13-10-7-2)70-93-97(86,87)91-66-72(79)65-90-96(84,85)92-69-73(67-88-75(80)61-56-51-46-20-17-14-11-8-3)94-78(83)64-59-54-49-44-40-36-37-41-45-50-55-60-71(4)5/h71-74,79H,6-70H2,1-5H3,(H,84,85)(H,86,87)/t72-,73+,74+/m0/s1. The molecule has 0 saturated heterocycles. The summed E-state index contributed by atoms with van der Waals surface area (Å²) in [5, 5.41) is 10.6. The fourth-order valence-electron chi connectivity index (χ4n) is 12.1. The van der Waals surface area contributed by atoms with Crippen LogP contribution in [0, 0.1) is 5.92 Å². The summed E-state index contributed by atoms with van der Waals surface area (Å²) >= 11 is 0. The van der Waals surface area contributed by atoms with E-state index in [4.69, 9.17) is 37.0 Å². The van der Waals surface area contributed by atoms with Crippen molar-refractivity contribution in [2.24, 2.45) is 5.92 Å². The zero-order valence-electron chi connectivity index (χ0n) is 63.2. The maximum atomic E-state index is 13.1. The highest BCUT2D eigenvalue weighted by Gasteiger charge is 2.30. The van der Waals surface area contributed by atoms with Crippen LogP contribution in [0.15, 0.2) is 0 Å². The van der Waals surface area contributed by atoms with Gasteiger partial charge in [-0.2, -0.15) is 0 Å². The molecular weight excluding hydrogens is 1270 g/mol. The van der Waals surface area contributed by atoms with E-state index in [2.05, 4.69) is 34.6 Å². The van der Waals surface area contributed by atoms with Gasteiger partial charge >= 0.3 is 39.5 Å². The number of carbonyl (C=O) groups is 4. The molecule has 0 amide bonds. The van der Waals surface area contributed by atoms with Crippen LogP contribution in [0.5, 0.6) is 0 Å². The van der Waals surface area contributed by atoms with Crippen molar-refractivity contribution in [3.8, 4) is 0 Å². The molecule has 3 N–H and O–H groups in total. The zero-order chi connectivity index (χ0) is 71.2. The summed E-state index contributed by atoms with van der Waals surface area (Å²) < 4.78 is 68.6. The second kappa shape index (κ2) is 71.1. The molecule has 97 heavy (non-hydrogen) atoms. The Morgan fingerprint density at radius 2 is 0.474 bits per heavy atom. The van der Waals surface area contributed by atoms with Crippen molar-refractivity contribution in [2.45, 2.75) is 432 Å². The number of carbonyl (C=O) groups excluding carboxylic acids is 4. The Morgan fingerprint density at radius 1 is 0.278 bits per heavy atom. The highest BCUT2D eigenvalue weighted by molar-refractivity contribution is 7.47. The summed E-state index contributed by atoms with van der Waals surface area (Å²) in [6.45, 7) is 7.29. The number of hydrogen-bond acceptors (Lipinski definition) is 15. The zero-order valence-corrected chi connectivity index (χ0v) is 65.0. The summed E-state index contributed by atoms with van der Waals surface area (Å²) in [7, 11) is -9.91. The second-order valence-corrected chi connectivity index (χ2v) is 31.5. The Kier molecular flexibility index (Phi) is 69.6. The quantitative estimate of drug-likeness (QED) is 0.0222. The van der Waals surface area contributed by atoms with Gasteiger partial charge in [-0.15, -0.1) is 0 Å². The van der Waals surface area contributed by atoms with Crippen LogP contribution in [-0.2, 0) is 65.4 Å². The van der Waals surface area contributed by atoms with E-state index in [-0.39, 0.29) is 25.7 Å². The van der Waals surface area contributed by atoms with E-state index in [0.717, 1.165) is 102 Å². The molecule has 2 unspecified atom stereocenters. The van der Waals surface area contributed by atoms with E-state index < -0.39 is 97.5 Å². The van der Waals surface area contributed by atoms with Crippen molar-refractivity contribution in [1.29, 1.82) is 0 Å². The third-order valence-electron chi connectivity index (χ3n) is 18.3. The topological polar surface area (TPSA) is 237 Å². The minimum absolute atomic E-state index is 0.107. The van der Waals surface area contributed by atoms with Crippen LogP contribution in [0.4, 0.5) is 0 Å². The fourth-order valence-corrected chi connectivity index (χ4v) is 13.6. The van der Waals surface area contributed by atoms with E-state index >= 15 is 0 Å². The summed E-state index contributed by atoms with van der Waals surface area (Å²) in [6.07, 6.45) is 61.1. The normalized spacial score (nSPS) is 13.9. The van der Waals surface area contributed by atoms with Gasteiger partial charge in [-0.05, 0) is 31.6 Å². The maximum Gasteiger partial charge on any atom is 0.472 e. The molecule has 17 nitrogen and oxygen atoms in total. The summed E-state index contributed by atoms with van der Waals surface area (Å²) in [6, 6.07) is 0. The van der Waals surface area contributed by atoms with Crippen LogP contribution in [0.3, 0.4) is 0 Å². The third kappa shape index (κ3) is 72.2. The predicted octanol–water partition coefficient (Wildman–Crippen LogP) is 23.3.